The second kappa shape index (κ2) is 6.00. The SMILES string of the molecule is Cc1ccc(-c2c3c(nc4sc5c(c24)CCCC5)CC(C)(C)CC3=O)cc1. The highest BCUT2D eigenvalue weighted by Crippen LogP contribution is 2.46. The molecule has 2 aliphatic rings. The molecular weight excluding hydrogens is 350 g/mol. The fraction of sp³-hybridized carbons (Fsp3) is 0.417. The first-order chi connectivity index (χ1) is 12.9. The maximum Gasteiger partial charge on any atom is 0.165 e. The fourth-order valence-corrected chi connectivity index (χ4v) is 6.10. The molecule has 0 saturated heterocycles. The highest BCUT2D eigenvalue weighted by molar-refractivity contribution is 7.19. The van der Waals surface area contributed by atoms with E-state index in [2.05, 4.69) is 45.0 Å². The van der Waals surface area contributed by atoms with Gasteiger partial charge in [0, 0.05) is 27.8 Å². The number of ketones is 1. The first-order valence-corrected chi connectivity index (χ1v) is 10.8. The number of nitrogens with zero attached hydrogens (tertiary/aromatic N) is 1. The van der Waals surface area contributed by atoms with Gasteiger partial charge in [0.05, 0.1) is 5.69 Å². The molecule has 0 saturated carbocycles. The molecule has 1 aromatic carbocycles. The number of pyridine rings is 1. The molecule has 0 fully saturated rings. The summed E-state index contributed by atoms with van der Waals surface area (Å²) in [5.41, 5.74) is 6.95. The fourth-order valence-electron chi connectivity index (χ4n) is 4.81. The first-order valence-electron chi connectivity index (χ1n) is 10.0. The Labute approximate surface area is 164 Å². The lowest BCUT2D eigenvalue weighted by Crippen LogP contribution is -2.28. The highest BCUT2D eigenvalue weighted by atomic mass is 32.1. The molecule has 0 amide bonds. The lowest BCUT2D eigenvalue weighted by molar-refractivity contribution is 0.0911. The van der Waals surface area contributed by atoms with Gasteiger partial charge in [0.1, 0.15) is 4.83 Å². The monoisotopic (exact) mass is 375 g/mol. The van der Waals surface area contributed by atoms with Gasteiger partial charge in [0.2, 0.25) is 0 Å². The molecule has 0 bridgehead atoms. The number of fused-ring (bicyclic) bond motifs is 4. The van der Waals surface area contributed by atoms with Crippen LogP contribution in [0.4, 0.5) is 0 Å². The molecule has 5 rings (SSSR count). The zero-order valence-electron chi connectivity index (χ0n) is 16.3. The van der Waals surface area contributed by atoms with E-state index in [0.29, 0.717) is 6.42 Å². The maximum absolute atomic E-state index is 13.3. The van der Waals surface area contributed by atoms with Crippen molar-refractivity contribution < 1.29 is 4.79 Å². The van der Waals surface area contributed by atoms with Crippen molar-refractivity contribution in [3.8, 4) is 11.1 Å². The number of rotatable bonds is 1. The molecule has 138 valence electrons. The lowest BCUT2D eigenvalue weighted by Gasteiger charge is -2.31. The number of carbonyl (C=O) groups is 1. The third kappa shape index (κ3) is 2.75. The number of hydrogen-bond acceptors (Lipinski definition) is 3. The second-order valence-corrected chi connectivity index (χ2v) is 10.1. The van der Waals surface area contributed by atoms with Crippen molar-refractivity contribution in [2.24, 2.45) is 5.41 Å². The first kappa shape index (κ1) is 17.1. The van der Waals surface area contributed by atoms with Crippen LogP contribution >= 0.6 is 11.3 Å². The average molecular weight is 376 g/mol. The van der Waals surface area contributed by atoms with Gasteiger partial charge in [-0.3, -0.25) is 4.79 Å². The molecule has 0 radical (unpaired) electrons. The van der Waals surface area contributed by atoms with Crippen molar-refractivity contribution >= 4 is 27.3 Å². The molecule has 0 N–H and O–H groups in total. The lowest BCUT2D eigenvalue weighted by atomic mass is 9.73. The Morgan fingerprint density at radius 1 is 1.00 bits per heavy atom. The van der Waals surface area contributed by atoms with E-state index in [0.717, 1.165) is 40.9 Å². The van der Waals surface area contributed by atoms with Gasteiger partial charge in [-0.05, 0) is 55.6 Å². The molecule has 0 atom stereocenters. The molecule has 0 aliphatic heterocycles. The van der Waals surface area contributed by atoms with E-state index < -0.39 is 0 Å². The summed E-state index contributed by atoms with van der Waals surface area (Å²) in [4.78, 5) is 21.0. The van der Waals surface area contributed by atoms with Gasteiger partial charge in [0.15, 0.2) is 5.78 Å². The summed E-state index contributed by atoms with van der Waals surface area (Å²) in [6.07, 6.45) is 6.28. The topological polar surface area (TPSA) is 30.0 Å². The molecule has 2 heterocycles. The van der Waals surface area contributed by atoms with E-state index in [1.807, 2.05) is 11.3 Å². The molecule has 3 aromatic rings. The van der Waals surface area contributed by atoms with Crippen molar-refractivity contribution in [1.82, 2.24) is 4.98 Å². The van der Waals surface area contributed by atoms with Crippen LogP contribution in [0.2, 0.25) is 0 Å². The summed E-state index contributed by atoms with van der Waals surface area (Å²) < 4.78 is 0. The molecule has 0 unspecified atom stereocenters. The third-order valence-corrected chi connectivity index (χ3v) is 7.27. The van der Waals surface area contributed by atoms with Gasteiger partial charge in [-0.2, -0.15) is 0 Å². The molecule has 3 heteroatoms. The van der Waals surface area contributed by atoms with Crippen molar-refractivity contribution in [2.45, 2.75) is 59.3 Å². The molecule has 27 heavy (non-hydrogen) atoms. The number of thiophene rings is 1. The van der Waals surface area contributed by atoms with E-state index in [1.165, 1.54) is 39.8 Å². The van der Waals surface area contributed by atoms with Crippen molar-refractivity contribution in [3.05, 3.63) is 51.5 Å². The van der Waals surface area contributed by atoms with Crippen LogP contribution in [0.5, 0.6) is 0 Å². The third-order valence-electron chi connectivity index (χ3n) is 6.08. The number of hydrogen-bond donors (Lipinski definition) is 0. The minimum absolute atomic E-state index is 0.00776. The van der Waals surface area contributed by atoms with Crippen LogP contribution in [0.3, 0.4) is 0 Å². The molecule has 0 spiro atoms. The molecule has 2 aromatic heterocycles. The summed E-state index contributed by atoms with van der Waals surface area (Å²) in [5, 5.41) is 1.27. The molecular formula is C24H25NOS. The quantitative estimate of drug-likeness (QED) is 0.499. The Balaban J connectivity index is 1.88. The predicted octanol–water partition coefficient (Wildman–Crippen LogP) is 6.31. The molecule has 2 aliphatic carbocycles. The highest BCUT2D eigenvalue weighted by Gasteiger charge is 2.36. The summed E-state index contributed by atoms with van der Waals surface area (Å²) in [6, 6.07) is 8.68. The van der Waals surface area contributed by atoms with E-state index in [-0.39, 0.29) is 11.2 Å². The van der Waals surface area contributed by atoms with Crippen molar-refractivity contribution in [1.29, 1.82) is 0 Å². The number of carbonyl (C=O) groups excluding carboxylic acids is 1. The van der Waals surface area contributed by atoms with Crippen LogP contribution in [0.1, 0.15) is 65.2 Å². The minimum atomic E-state index is -0.00776. The normalized spacial score (nSPS) is 18.4. The Bertz CT molecular complexity index is 1070. The Hall–Kier alpha value is -2.00. The number of Topliss-reactive ketones (excluding diaryl/α,β-unsaturated/α-hetero) is 1. The number of aromatic nitrogens is 1. The van der Waals surface area contributed by atoms with Crippen LogP contribution in [0, 0.1) is 12.3 Å². The Morgan fingerprint density at radius 3 is 2.52 bits per heavy atom. The van der Waals surface area contributed by atoms with Gasteiger partial charge in [-0.25, -0.2) is 4.98 Å². The van der Waals surface area contributed by atoms with Crippen LogP contribution in [-0.2, 0) is 19.3 Å². The Kier molecular flexibility index (Phi) is 3.80. The maximum atomic E-state index is 13.3. The van der Waals surface area contributed by atoms with Gasteiger partial charge in [-0.15, -0.1) is 11.3 Å². The standard InChI is InChI=1S/C24H25NOS/c1-14-8-10-15(11-9-14)20-21-16-6-4-5-7-19(16)27-23(21)25-17-12-24(2,3)13-18(26)22(17)20/h8-11H,4-7,12-13H2,1-3H3. The minimum Gasteiger partial charge on any atom is -0.294 e. The predicted molar refractivity (Wildman–Crippen MR) is 113 cm³/mol. The zero-order chi connectivity index (χ0) is 18.8. The van der Waals surface area contributed by atoms with Crippen LogP contribution in [-0.4, -0.2) is 10.8 Å². The van der Waals surface area contributed by atoms with Crippen LogP contribution in [0.15, 0.2) is 24.3 Å². The second-order valence-electron chi connectivity index (χ2n) is 9.01. The average Bonchev–Trinajstić information content (AvgIpc) is 2.97. The molecule has 2 nitrogen and oxygen atoms in total. The van der Waals surface area contributed by atoms with Gasteiger partial charge in [0.25, 0.3) is 0 Å². The van der Waals surface area contributed by atoms with Gasteiger partial charge >= 0.3 is 0 Å². The van der Waals surface area contributed by atoms with E-state index in [9.17, 15) is 4.79 Å². The van der Waals surface area contributed by atoms with Gasteiger partial charge < -0.3 is 0 Å². The van der Waals surface area contributed by atoms with E-state index in [1.54, 1.807) is 0 Å². The Morgan fingerprint density at radius 2 is 1.74 bits per heavy atom. The van der Waals surface area contributed by atoms with Crippen molar-refractivity contribution in [2.75, 3.05) is 0 Å². The number of aryl methyl sites for hydroxylation is 3. The van der Waals surface area contributed by atoms with Crippen LogP contribution < -0.4 is 0 Å². The van der Waals surface area contributed by atoms with Crippen LogP contribution in [0.25, 0.3) is 21.3 Å². The van der Waals surface area contributed by atoms with Crippen molar-refractivity contribution in [3.63, 3.8) is 0 Å². The number of benzene rings is 1. The summed E-state index contributed by atoms with van der Waals surface area (Å²) >= 11 is 1.86. The largest absolute Gasteiger partial charge is 0.294 e. The summed E-state index contributed by atoms with van der Waals surface area (Å²) in [6.45, 7) is 6.48. The smallest absolute Gasteiger partial charge is 0.165 e. The van der Waals surface area contributed by atoms with Gasteiger partial charge in [-0.1, -0.05) is 43.7 Å². The summed E-state index contributed by atoms with van der Waals surface area (Å²) in [7, 11) is 0. The van der Waals surface area contributed by atoms with E-state index in [4.69, 9.17) is 4.98 Å². The summed E-state index contributed by atoms with van der Waals surface area (Å²) in [5.74, 6) is 0.266. The zero-order valence-corrected chi connectivity index (χ0v) is 17.1. The van der Waals surface area contributed by atoms with E-state index >= 15 is 0 Å².